The minimum atomic E-state index is -0.506. The number of nitrogens with two attached hydrogens (primary N) is 1. The van der Waals surface area contributed by atoms with Crippen LogP contribution in [0.4, 0.5) is 5.69 Å². The third kappa shape index (κ3) is 2.78. The van der Waals surface area contributed by atoms with Crippen molar-refractivity contribution in [2.24, 2.45) is 5.73 Å². The molecular formula is C18H13N7O3. The van der Waals surface area contributed by atoms with Crippen molar-refractivity contribution in [1.29, 1.82) is 5.41 Å². The van der Waals surface area contributed by atoms with Crippen LogP contribution in [0.25, 0.3) is 28.2 Å². The summed E-state index contributed by atoms with van der Waals surface area (Å²) in [4.78, 5) is 34.3. The van der Waals surface area contributed by atoms with Gasteiger partial charge in [0, 0.05) is 17.7 Å². The molecule has 0 saturated heterocycles. The van der Waals surface area contributed by atoms with Crippen molar-refractivity contribution >= 4 is 22.7 Å². The first-order chi connectivity index (χ1) is 13.5. The second kappa shape index (κ2) is 6.43. The number of fused-ring (bicyclic) bond motifs is 1. The number of imidazole rings is 1. The van der Waals surface area contributed by atoms with Gasteiger partial charge in [-0.3, -0.25) is 15.5 Å². The summed E-state index contributed by atoms with van der Waals surface area (Å²) < 4.78 is 1.36. The van der Waals surface area contributed by atoms with Gasteiger partial charge in [-0.05, 0) is 24.3 Å². The molecule has 0 spiro atoms. The van der Waals surface area contributed by atoms with E-state index in [1.165, 1.54) is 28.8 Å². The maximum Gasteiger partial charge on any atom is 0.332 e. The Labute approximate surface area is 157 Å². The number of nitro groups is 1. The molecule has 2 aromatic carbocycles. The molecule has 0 radical (unpaired) electrons. The van der Waals surface area contributed by atoms with Crippen molar-refractivity contribution in [3.63, 3.8) is 0 Å². The highest BCUT2D eigenvalue weighted by Crippen LogP contribution is 2.23. The topological polar surface area (TPSA) is 157 Å². The van der Waals surface area contributed by atoms with E-state index >= 15 is 0 Å². The van der Waals surface area contributed by atoms with E-state index in [9.17, 15) is 14.9 Å². The predicted molar refractivity (Wildman–Crippen MR) is 103 cm³/mol. The molecule has 4 N–H and O–H groups in total. The number of non-ortho nitro benzene ring substituents is 1. The Morgan fingerprint density at radius 1 is 1.11 bits per heavy atom. The lowest BCUT2D eigenvalue weighted by atomic mass is 10.2. The highest BCUT2D eigenvalue weighted by molar-refractivity contribution is 6.03. The quantitative estimate of drug-likeness (QED) is 0.214. The Bertz CT molecular complexity index is 1270. The van der Waals surface area contributed by atoms with Crippen molar-refractivity contribution in [1.82, 2.24) is 19.5 Å². The van der Waals surface area contributed by atoms with Crippen LogP contribution in [-0.2, 0) is 0 Å². The molecule has 0 bridgehead atoms. The van der Waals surface area contributed by atoms with Gasteiger partial charge < -0.3 is 10.7 Å². The Hall–Kier alpha value is -4.34. The number of nitrogens with one attached hydrogen (secondary N) is 2. The number of nitrogens with zero attached hydrogens (tertiary/aromatic N) is 4. The Kier molecular flexibility index (Phi) is 3.93. The molecular weight excluding hydrogens is 362 g/mol. The zero-order chi connectivity index (χ0) is 19.8. The molecule has 0 atom stereocenters. The van der Waals surface area contributed by atoms with Gasteiger partial charge in [-0.15, -0.1) is 0 Å². The number of aromatic amines is 1. The minimum Gasteiger partial charge on any atom is -0.382 e. The van der Waals surface area contributed by atoms with Crippen molar-refractivity contribution in [3.05, 3.63) is 80.9 Å². The Balaban J connectivity index is 2.00. The van der Waals surface area contributed by atoms with Crippen LogP contribution in [-0.4, -0.2) is 30.3 Å². The summed E-state index contributed by atoms with van der Waals surface area (Å²) in [5.74, 6) is -0.145. The SMILES string of the molecule is N=C(N)c1nc(-c2ccc([N+](=O)[O-])cc2)nc2c1[nH]c(=O)n2-c1ccccc1. The number of benzene rings is 2. The fourth-order valence-corrected chi connectivity index (χ4v) is 2.86. The number of para-hydroxylation sites is 1. The molecule has 2 heterocycles. The summed E-state index contributed by atoms with van der Waals surface area (Å²) in [6.07, 6.45) is 0. The van der Waals surface area contributed by atoms with Crippen LogP contribution in [0.2, 0.25) is 0 Å². The lowest BCUT2D eigenvalue weighted by Gasteiger charge is -2.07. The molecule has 4 rings (SSSR count). The summed E-state index contributed by atoms with van der Waals surface area (Å²) in [5.41, 5.74) is 6.79. The van der Waals surface area contributed by atoms with Crippen molar-refractivity contribution in [3.8, 4) is 17.1 Å². The molecule has 10 heteroatoms. The number of nitrogen functional groups attached to an aromatic ring is 1. The fourth-order valence-electron chi connectivity index (χ4n) is 2.86. The smallest absolute Gasteiger partial charge is 0.332 e. The number of amidine groups is 1. The van der Waals surface area contributed by atoms with Crippen molar-refractivity contribution < 1.29 is 4.92 Å². The van der Waals surface area contributed by atoms with Crippen LogP contribution in [0.5, 0.6) is 0 Å². The summed E-state index contributed by atoms with van der Waals surface area (Å²) in [6.45, 7) is 0. The Morgan fingerprint density at radius 2 is 1.79 bits per heavy atom. The molecule has 0 amide bonds. The molecule has 138 valence electrons. The van der Waals surface area contributed by atoms with Crippen LogP contribution in [0, 0.1) is 15.5 Å². The number of aromatic nitrogens is 4. The van der Waals surface area contributed by atoms with E-state index in [1.54, 1.807) is 24.3 Å². The summed E-state index contributed by atoms with van der Waals surface area (Å²) in [6, 6.07) is 14.5. The molecule has 0 unspecified atom stereocenters. The molecule has 28 heavy (non-hydrogen) atoms. The largest absolute Gasteiger partial charge is 0.382 e. The third-order valence-corrected chi connectivity index (χ3v) is 4.14. The zero-order valence-corrected chi connectivity index (χ0v) is 14.3. The standard InChI is InChI=1S/C18H13N7O3/c19-15(20)13-14-17(24(18(26)22-14)11-4-2-1-3-5-11)23-16(21-13)10-6-8-12(9-7-10)25(27)28/h1-9H,(H3,19,20)(H,22,26). The van der Waals surface area contributed by atoms with E-state index in [0.29, 0.717) is 11.3 Å². The average molecular weight is 375 g/mol. The lowest BCUT2D eigenvalue weighted by molar-refractivity contribution is -0.384. The zero-order valence-electron chi connectivity index (χ0n) is 14.3. The summed E-state index contributed by atoms with van der Waals surface area (Å²) in [7, 11) is 0. The molecule has 0 aliphatic heterocycles. The lowest BCUT2D eigenvalue weighted by Crippen LogP contribution is -2.15. The first-order valence-corrected chi connectivity index (χ1v) is 8.13. The van der Waals surface area contributed by atoms with Crippen LogP contribution >= 0.6 is 0 Å². The van der Waals surface area contributed by atoms with Gasteiger partial charge in [-0.2, -0.15) is 0 Å². The van der Waals surface area contributed by atoms with Gasteiger partial charge in [0.05, 0.1) is 10.6 Å². The van der Waals surface area contributed by atoms with E-state index in [-0.39, 0.29) is 34.2 Å². The van der Waals surface area contributed by atoms with Crippen LogP contribution in [0.15, 0.2) is 59.4 Å². The highest BCUT2D eigenvalue weighted by Gasteiger charge is 2.19. The fraction of sp³-hybridized carbons (Fsp3) is 0. The van der Waals surface area contributed by atoms with Gasteiger partial charge in [-0.1, -0.05) is 18.2 Å². The second-order valence-electron chi connectivity index (χ2n) is 5.91. The molecule has 0 aliphatic rings. The molecule has 0 aliphatic carbocycles. The van der Waals surface area contributed by atoms with Crippen molar-refractivity contribution in [2.75, 3.05) is 0 Å². The van der Waals surface area contributed by atoms with E-state index in [4.69, 9.17) is 11.1 Å². The maximum absolute atomic E-state index is 12.5. The monoisotopic (exact) mass is 375 g/mol. The van der Waals surface area contributed by atoms with Gasteiger partial charge in [0.15, 0.2) is 11.5 Å². The van der Waals surface area contributed by atoms with Gasteiger partial charge >= 0.3 is 5.69 Å². The van der Waals surface area contributed by atoms with E-state index < -0.39 is 10.6 Å². The third-order valence-electron chi connectivity index (χ3n) is 4.14. The van der Waals surface area contributed by atoms with Crippen LogP contribution < -0.4 is 11.4 Å². The first-order valence-electron chi connectivity index (χ1n) is 8.13. The average Bonchev–Trinajstić information content (AvgIpc) is 3.03. The summed E-state index contributed by atoms with van der Waals surface area (Å²) in [5, 5.41) is 18.7. The number of hydrogen-bond acceptors (Lipinski definition) is 6. The van der Waals surface area contributed by atoms with E-state index in [1.807, 2.05) is 6.07 Å². The second-order valence-corrected chi connectivity index (χ2v) is 5.91. The predicted octanol–water partition coefficient (Wildman–Crippen LogP) is 1.97. The number of H-pyrrole nitrogens is 1. The van der Waals surface area contributed by atoms with Crippen LogP contribution in [0.3, 0.4) is 0 Å². The normalized spacial score (nSPS) is 10.9. The maximum atomic E-state index is 12.5. The number of rotatable bonds is 4. The van der Waals surface area contributed by atoms with Crippen molar-refractivity contribution in [2.45, 2.75) is 0 Å². The van der Waals surface area contributed by atoms with Crippen LogP contribution in [0.1, 0.15) is 5.69 Å². The molecule has 0 saturated carbocycles. The molecule has 10 nitrogen and oxygen atoms in total. The van der Waals surface area contributed by atoms with Gasteiger partial charge in [0.2, 0.25) is 0 Å². The number of nitro benzene ring substituents is 1. The molecule has 2 aromatic heterocycles. The van der Waals surface area contributed by atoms with Gasteiger partial charge in [-0.25, -0.2) is 19.3 Å². The van der Waals surface area contributed by atoms with Gasteiger partial charge in [0.25, 0.3) is 5.69 Å². The number of hydrogen-bond donors (Lipinski definition) is 3. The molecule has 0 fully saturated rings. The first kappa shape index (κ1) is 17.1. The van der Waals surface area contributed by atoms with E-state index in [0.717, 1.165) is 0 Å². The van der Waals surface area contributed by atoms with E-state index in [2.05, 4.69) is 15.0 Å². The Morgan fingerprint density at radius 3 is 2.39 bits per heavy atom. The highest BCUT2D eigenvalue weighted by atomic mass is 16.6. The van der Waals surface area contributed by atoms with Gasteiger partial charge in [0.1, 0.15) is 17.0 Å². The minimum absolute atomic E-state index is 0.0699. The molecule has 4 aromatic rings. The summed E-state index contributed by atoms with van der Waals surface area (Å²) >= 11 is 0.